The minimum atomic E-state index is -0.933. The molecule has 3 atom stereocenters. The molecule has 25 heavy (non-hydrogen) atoms. The standard InChI is InChI=1S/C18H23N5O2/c24-17(19-11-15-10-16(15)14-4-2-1-3-5-14)22-8-6-18(25,12-22)13-23-9-7-20-21-23/h1-5,7,9,15-16,25H,6,8,10-13H2,(H,19,24)/t15-,16-,18?/m0/s1. The Labute approximate surface area is 146 Å². The van der Waals surface area contributed by atoms with Gasteiger partial charge in [0.05, 0.1) is 19.3 Å². The first kappa shape index (κ1) is 16.1. The maximum absolute atomic E-state index is 12.4. The molecule has 7 heteroatoms. The molecule has 1 aliphatic carbocycles. The molecule has 0 radical (unpaired) electrons. The van der Waals surface area contributed by atoms with Crippen LogP contribution in [0.3, 0.4) is 0 Å². The highest BCUT2D eigenvalue weighted by Crippen LogP contribution is 2.46. The summed E-state index contributed by atoms with van der Waals surface area (Å²) < 4.78 is 1.61. The average Bonchev–Trinajstić information content (AvgIpc) is 3.02. The summed E-state index contributed by atoms with van der Waals surface area (Å²) in [7, 11) is 0. The van der Waals surface area contributed by atoms with Gasteiger partial charge in [0.2, 0.25) is 0 Å². The Morgan fingerprint density at radius 3 is 2.96 bits per heavy atom. The summed E-state index contributed by atoms with van der Waals surface area (Å²) in [5.41, 5.74) is 0.419. The van der Waals surface area contributed by atoms with E-state index in [2.05, 4.69) is 39.9 Å². The van der Waals surface area contributed by atoms with E-state index in [1.54, 1.807) is 22.0 Å². The number of urea groups is 1. The number of hydrogen-bond acceptors (Lipinski definition) is 4. The van der Waals surface area contributed by atoms with Gasteiger partial charge in [-0.15, -0.1) is 5.10 Å². The van der Waals surface area contributed by atoms with Gasteiger partial charge in [-0.05, 0) is 30.2 Å². The molecule has 1 aromatic heterocycles. The molecule has 1 saturated heterocycles. The van der Waals surface area contributed by atoms with Gasteiger partial charge in [0, 0.05) is 19.3 Å². The molecule has 1 aromatic carbocycles. The Morgan fingerprint density at radius 2 is 2.20 bits per heavy atom. The predicted molar refractivity (Wildman–Crippen MR) is 91.9 cm³/mol. The summed E-state index contributed by atoms with van der Waals surface area (Å²) in [6.45, 7) is 1.93. The molecule has 2 aromatic rings. The number of hydrogen-bond donors (Lipinski definition) is 2. The van der Waals surface area contributed by atoms with E-state index in [0.717, 1.165) is 6.42 Å². The van der Waals surface area contributed by atoms with Gasteiger partial charge in [0.1, 0.15) is 5.60 Å². The van der Waals surface area contributed by atoms with Crippen molar-refractivity contribution in [3.8, 4) is 0 Å². The third kappa shape index (κ3) is 3.66. The third-order valence-electron chi connectivity index (χ3n) is 5.21. The molecule has 2 aliphatic rings. The second-order valence-electron chi connectivity index (χ2n) is 7.20. The van der Waals surface area contributed by atoms with Crippen LogP contribution in [0.2, 0.25) is 0 Å². The van der Waals surface area contributed by atoms with Crippen LogP contribution >= 0.6 is 0 Å². The number of β-amino-alcohol motifs (C(OH)–C–C–N with tert-alkyl or cyclic N) is 1. The van der Waals surface area contributed by atoms with Gasteiger partial charge in [0.25, 0.3) is 0 Å². The molecule has 2 N–H and O–H groups in total. The third-order valence-corrected chi connectivity index (χ3v) is 5.21. The van der Waals surface area contributed by atoms with Crippen LogP contribution in [-0.4, -0.2) is 56.3 Å². The lowest BCUT2D eigenvalue weighted by Crippen LogP contribution is -2.43. The Bertz CT molecular complexity index is 720. The molecule has 132 valence electrons. The van der Waals surface area contributed by atoms with Gasteiger partial charge in [-0.3, -0.25) is 0 Å². The van der Waals surface area contributed by atoms with Crippen LogP contribution < -0.4 is 5.32 Å². The Hall–Kier alpha value is -2.41. The normalized spacial score (nSPS) is 28.1. The van der Waals surface area contributed by atoms with E-state index in [-0.39, 0.29) is 6.03 Å². The summed E-state index contributed by atoms with van der Waals surface area (Å²) in [4.78, 5) is 14.1. The first-order chi connectivity index (χ1) is 12.1. The number of benzene rings is 1. The zero-order chi connectivity index (χ0) is 17.3. The van der Waals surface area contributed by atoms with E-state index in [9.17, 15) is 9.90 Å². The van der Waals surface area contributed by atoms with Crippen molar-refractivity contribution in [2.75, 3.05) is 19.6 Å². The molecule has 1 aliphatic heterocycles. The van der Waals surface area contributed by atoms with Gasteiger partial charge in [-0.2, -0.15) is 0 Å². The first-order valence-electron chi connectivity index (χ1n) is 8.77. The number of aliphatic hydroxyl groups is 1. The fourth-order valence-corrected chi connectivity index (χ4v) is 3.69. The quantitative estimate of drug-likeness (QED) is 0.857. The lowest BCUT2D eigenvalue weighted by molar-refractivity contribution is 0.0311. The van der Waals surface area contributed by atoms with Crippen LogP contribution in [0.5, 0.6) is 0 Å². The number of nitrogens with one attached hydrogen (secondary N) is 1. The molecule has 2 amide bonds. The second kappa shape index (κ2) is 6.48. The minimum Gasteiger partial charge on any atom is -0.386 e. The van der Waals surface area contributed by atoms with Crippen molar-refractivity contribution >= 4 is 6.03 Å². The molecular formula is C18H23N5O2. The summed E-state index contributed by atoms with van der Waals surface area (Å²) in [6.07, 6.45) is 4.98. The zero-order valence-corrected chi connectivity index (χ0v) is 14.1. The van der Waals surface area contributed by atoms with Crippen LogP contribution in [0.25, 0.3) is 0 Å². The maximum atomic E-state index is 12.4. The highest BCUT2D eigenvalue weighted by atomic mass is 16.3. The number of likely N-dealkylation sites (tertiary alicyclic amines) is 1. The van der Waals surface area contributed by atoms with Crippen molar-refractivity contribution in [1.29, 1.82) is 0 Å². The highest BCUT2D eigenvalue weighted by Gasteiger charge is 2.41. The SMILES string of the molecule is O=C(NC[C@@H]1C[C@H]1c1ccccc1)N1CCC(O)(Cn2ccnn2)C1. The molecular weight excluding hydrogens is 318 g/mol. The highest BCUT2D eigenvalue weighted by molar-refractivity contribution is 5.74. The summed E-state index contributed by atoms with van der Waals surface area (Å²) in [6, 6.07) is 10.4. The molecule has 2 heterocycles. The van der Waals surface area contributed by atoms with Crippen molar-refractivity contribution < 1.29 is 9.90 Å². The van der Waals surface area contributed by atoms with Gasteiger partial charge in [-0.1, -0.05) is 35.5 Å². The first-order valence-corrected chi connectivity index (χ1v) is 8.77. The van der Waals surface area contributed by atoms with Gasteiger partial charge in [0.15, 0.2) is 0 Å². The fourth-order valence-electron chi connectivity index (χ4n) is 3.69. The molecule has 4 rings (SSSR count). The topological polar surface area (TPSA) is 83.3 Å². The van der Waals surface area contributed by atoms with E-state index in [0.29, 0.717) is 44.4 Å². The number of carbonyl (C=O) groups is 1. The second-order valence-corrected chi connectivity index (χ2v) is 7.20. The molecule has 0 spiro atoms. The predicted octanol–water partition coefficient (Wildman–Crippen LogP) is 1.23. The number of carbonyl (C=O) groups excluding carboxylic acids is 1. The van der Waals surface area contributed by atoms with Crippen LogP contribution in [-0.2, 0) is 6.54 Å². The van der Waals surface area contributed by atoms with Gasteiger partial charge < -0.3 is 15.3 Å². The summed E-state index contributed by atoms with van der Waals surface area (Å²) in [5.74, 6) is 1.08. The van der Waals surface area contributed by atoms with E-state index in [1.807, 2.05) is 6.07 Å². The van der Waals surface area contributed by atoms with E-state index < -0.39 is 5.60 Å². The number of rotatable bonds is 5. The lowest BCUT2D eigenvalue weighted by Gasteiger charge is -2.23. The zero-order valence-electron chi connectivity index (χ0n) is 14.1. The van der Waals surface area contributed by atoms with Crippen LogP contribution in [0.15, 0.2) is 42.7 Å². The van der Waals surface area contributed by atoms with Crippen LogP contribution in [0, 0.1) is 5.92 Å². The monoisotopic (exact) mass is 341 g/mol. The van der Waals surface area contributed by atoms with E-state index in [4.69, 9.17) is 0 Å². The average molecular weight is 341 g/mol. The minimum absolute atomic E-state index is 0.0896. The van der Waals surface area contributed by atoms with Gasteiger partial charge in [-0.25, -0.2) is 9.48 Å². The van der Waals surface area contributed by atoms with E-state index in [1.165, 1.54) is 5.56 Å². The Balaban J connectivity index is 1.24. The molecule has 0 bridgehead atoms. The van der Waals surface area contributed by atoms with Gasteiger partial charge >= 0.3 is 6.03 Å². The number of aromatic nitrogens is 3. The van der Waals surface area contributed by atoms with Crippen molar-refractivity contribution in [2.24, 2.45) is 5.92 Å². The molecule has 1 saturated carbocycles. The van der Waals surface area contributed by atoms with Crippen molar-refractivity contribution in [1.82, 2.24) is 25.2 Å². The van der Waals surface area contributed by atoms with Crippen LogP contribution in [0.4, 0.5) is 4.79 Å². The molecule has 2 fully saturated rings. The maximum Gasteiger partial charge on any atom is 0.317 e. The largest absolute Gasteiger partial charge is 0.386 e. The van der Waals surface area contributed by atoms with Crippen LogP contribution in [0.1, 0.15) is 24.3 Å². The Kier molecular flexibility index (Phi) is 4.17. The Morgan fingerprint density at radius 1 is 1.36 bits per heavy atom. The van der Waals surface area contributed by atoms with E-state index >= 15 is 0 Å². The summed E-state index contributed by atoms with van der Waals surface area (Å²) in [5, 5.41) is 21.3. The number of nitrogens with zero attached hydrogens (tertiary/aromatic N) is 4. The fraction of sp³-hybridized carbons (Fsp3) is 0.500. The molecule has 1 unspecified atom stereocenters. The number of amides is 2. The van der Waals surface area contributed by atoms with Crippen molar-refractivity contribution in [2.45, 2.75) is 30.9 Å². The van der Waals surface area contributed by atoms with Crippen molar-refractivity contribution in [3.05, 3.63) is 48.3 Å². The smallest absolute Gasteiger partial charge is 0.317 e. The lowest BCUT2D eigenvalue weighted by atomic mass is 10.0. The van der Waals surface area contributed by atoms with Crippen molar-refractivity contribution in [3.63, 3.8) is 0 Å². The summed E-state index contributed by atoms with van der Waals surface area (Å²) >= 11 is 0. The molecule has 7 nitrogen and oxygen atoms in total.